The van der Waals surface area contributed by atoms with Gasteiger partial charge >= 0.3 is 0 Å². The lowest BCUT2D eigenvalue weighted by molar-refractivity contribution is 0.211. The monoisotopic (exact) mass is 260 g/mol. The Bertz CT molecular complexity index is 659. The van der Waals surface area contributed by atoms with E-state index in [4.69, 9.17) is 4.52 Å². The standard InChI is InChI=1S/C13H16N4O2/c1-9-5-11(19-15-9)8-17-4-3-12-10(7-17)6-13(18)16(2)14-12/h5-6H,3-4,7-8H2,1-2H3. The molecular formula is C13H16N4O2. The molecule has 3 heterocycles. The Labute approximate surface area is 110 Å². The zero-order valence-corrected chi connectivity index (χ0v) is 11.1. The molecule has 0 atom stereocenters. The van der Waals surface area contributed by atoms with E-state index in [2.05, 4.69) is 15.2 Å². The van der Waals surface area contributed by atoms with E-state index >= 15 is 0 Å². The lowest BCUT2D eigenvalue weighted by Gasteiger charge is -2.26. The predicted molar refractivity (Wildman–Crippen MR) is 68.5 cm³/mol. The zero-order chi connectivity index (χ0) is 13.4. The van der Waals surface area contributed by atoms with Gasteiger partial charge in [0.25, 0.3) is 5.56 Å². The van der Waals surface area contributed by atoms with Gasteiger partial charge in [-0.05, 0) is 12.5 Å². The van der Waals surface area contributed by atoms with Gasteiger partial charge in [0.15, 0.2) is 5.76 Å². The molecule has 1 aliphatic rings. The van der Waals surface area contributed by atoms with Crippen LogP contribution in [0.1, 0.15) is 22.7 Å². The lowest BCUT2D eigenvalue weighted by Crippen LogP contribution is -2.33. The average molecular weight is 260 g/mol. The first-order valence-electron chi connectivity index (χ1n) is 6.32. The van der Waals surface area contributed by atoms with Gasteiger partial charge in [-0.15, -0.1) is 0 Å². The van der Waals surface area contributed by atoms with Crippen molar-refractivity contribution >= 4 is 0 Å². The second-order valence-corrected chi connectivity index (χ2v) is 4.97. The molecular weight excluding hydrogens is 244 g/mol. The third-order valence-electron chi connectivity index (χ3n) is 3.37. The third kappa shape index (κ3) is 2.44. The van der Waals surface area contributed by atoms with Gasteiger partial charge in [-0.2, -0.15) is 5.10 Å². The summed E-state index contributed by atoms with van der Waals surface area (Å²) in [6, 6.07) is 3.62. The van der Waals surface area contributed by atoms with E-state index in [0.717, 1.165) is 48.8 Å². The molecule has 0 bridgehead atoms. The molecule has 2 aromatic heterocycles. The summed E-state index contributed by atoms with van der Waals surface area (Å²) in [6.45, 7) is 4.28. The van der Waals surface area contributed by atoms with E-state index < -0.39 is 0 Å². The van der Waals surface area contributed by atoms with Crippen LogP contribution in [0.3, 0.4) is 0 Å². The van der Waals surface area contributed by atoms with Crippen LogP contribution < -0.4 is 5.56 Å². The molecule has 100 valence electrons. The summed E-state index contributed by atoms with van der Waals surface area (Å²) in [4.78, 5) is 13.9. The minimum absolute atomic E-state index is 0.0592. The van der Waals surface area contributed by atoms with Gasteiger partial charge in [-0.25, -0.2) is 4.68 Å². The number of hydrogen-bond donors (Lipinski definition) is 0. The predicted octanol–water partition coefficient (Wildman–Crippen LogP) is 0.635. The fourth-order valence-electron chi connectivity index (χ4n) is 2.40. The van der Waals surface area contributed by atoms with E-state index in [1.54, 1.807) is 13.1 Å². The van der Waals surface area contributed by atoms with Gasteiger partial charge in [0.05, 0.1) is 17.9 Å². The molecule has 0 aliphatic carbocycles. The largest absolute Gasteiger partial charge is 0.360 e. The molecule has 0 amide bonds. The lowest BCUT2D eigenvalue weighted by atomic mass is 10.1. The highest BCUT2D eigenvalue weighted by atomic mass is 16.5. The molecule has 1 aliphatic heterocycles. The summed E-state index contributed by atoms with van der Waals surface area (Å²) in [6.07, 6.45) is 0.858. The Morgan fingerprint density at radius 1 is 1.42 bits per heavy atom. The summed E-state index contributed by atoms with van der Waals surface area (Å²) >= 11 is 0. The van der Waals surface area contributed by atoms with E-state index in [9.17, 15) is 4.79 Å². The Hall–Kier alpha value is -1.95. The number of rotatable bonds is 2. The second kappa shape index (κ2) is 4.62. The average Bonchev–Trinajstić information content (AvgIpc) is 2.77. The van der Waals surface area contributed by atoms with Crippen molar-refractivity contribution in [1.29, 1.82) is 0 Å². The molecule has 0 unspecified atom stereocenters. The SMILES string of the molecule is Cc1cc(CN2CCc3nn(C)c(=O)cc3C2)on1. The van der Waals surface area contributed by atoms with Crippen LogP contribution in [-0.2, 0) is 26.6 Å². The molecule has 0 spiro atoms. The minimum atomic E-state index is -0.0592. The maximum atomic E-state index is 11.6. The summed E-state index contributed by atoms with van der Waals surface area (Å²) in [5.74, 6) is 0.859. The highest BCUT2D eigenvalue weighted by molar-refractivity contribution is 5.20. The van der Waals surface area contributed by atoms with Crippen LogP contribution in [0.5, 0.6) is 0 Å². The Kier molecular flexibility index (Phi) is 2.94. The number of nitrogens with zero attached hydrogens (tertiary/aromatic N) is 4. The molecule has 6 heteroatoms. The minimum Gasteiger partial charge on any atom is -0.360 e. The van der Waals surface area contributed by atoms with Crippen LogP contribution in [0, 0.1) is 6.92 Å². The van der Waals surface area contributed by atoms with Crippen molar-refractivity contribution < 1.29 is 4.52 Å². The van der Waals surface area contributed by atoms with E-state index in [1.165, 1.54) is 4.68 Å². The molecule has 0 saturated carbocycles. The normalized spacial score (nSPS) is 15.5. The van der Waals surface area contributed by atoms with Crippen LogP contribution in [0.2, 0.25) is 0 Å². The molecule has 0 saturated heterocycles. The first-order chi connectivity index (χ1) is 9.11. The van der Waals surface area contributed by atoms with Crippen molar-refractivity contribution in [2.75, 3.05) is 6.54 Å². The third-order valence-corrected chi connectivity index (χ3v) is 3.37. The number of aromatic nitrogens is 3. The van der Waals surface area contributed by atoms with Crippen LogP contribution in [0.25, 0.3) is 0 Å². The number of fused-ring (bicyclic) bond motifs is 1. The Morgan fingerprint density at radius 2 is 2.26 bits per heavy atom. The van der Waals surface area contributed by atoms with Gasteiger partial charge in [0.1, 0.15) is 0 Å². The van der Waals surface area contributed by atoms with Crippen LogP contribution >= 0.6 is 0 Å². The fourth-order valence-corrected chi connectivity index (χ4v) is 2.40. The van der Waals surface area contributed by atoms with Crippen molar-refractivity contribution in [3.05, 3.63) is 45.2 Å². The van der Waals surface area contributed by atoms with Crippen molar-refractivity contribution in [2.45, 2.75) is 26.4 Å². The van der Waals surface area contributed by atoms with Gasteiger partial charge in [-0.1, -0.05) is 5.16 Å². The van der Waals surface area contributed by atoms with Crippen molar-refractivity contribution in [1.82, 2.24) is 19.8 Å². The summed E-state index contributed by atoms with van der Waals surface area (Å²) < 4.78 is 6.62. The maximum absolute atomic E-state index is 11.6. The first-order valence-corrected chi connectivity index (χ1v) is 6.32. The van der Waals surface area contributed by atoms with Crippen LogP contribution in [-0.4, -0.2) is 26.4 Å². The molecule has 2 aromatic rings. The van der Waals surface area contributed by atoms with Crippen molar-refractivity contribution in [3.8, 4) is 0 Å². The van der Waals surface area contributed by atoms with E-state index in [-0.39, 0.29) is 5.56 Å². The summed E-state index contributed by atoms with van der Waals surface area (Å²) in [5, 5.41) is 8.19. The molecule has 0 fully saturated rings. The first kappa shape index (κ1) is 12.1. The van der Waals surface area contributed by atoms with Crippen molar-refractivity contribution in [3.63, 3.8) is 0 Å². The molecule has 0 radical (unpaired) electrons. The molecule has 3 rings (SSSR count). The molecule has 19 heavy (non-hydrogen) atoms. The Balaban J connectivity index is 1.78. The molecule has 0 aromatic carbocycles. The van der Waals surface area contributed by atoms with E-state index in [1.807, 2.05) is 13.0 Å². The second-order valence-electron chi connectivity index (χ2n) is 4.97. The van der Waals surface area contributed by atoms with Gasteiger partial charge in [0.2, 0.25) is 0 Å². The highest BCUT2D eigenvalue weighted by Gasteiger charge is 2.19. The Morgan fingerprint density at radius 3 is 3.00 bits per heavy atom. The topological polar surface area (TPSA) is 64.2 Å². The smallest absolute Gasteiger partial charge is 0.266 e. The summed E-state index contributed by atoms with van der Waals surface area (Å²) in [5.41, 5.74) is 2.87. The van der Waals surface area contributed by atoms with Gasteiger partial charge < -0.3 is 4.52 Å². The number of aryl methyl sites for hydroxylation is 2. The molecule has 0 N–H and O–H groups in total. The van der Waals surface area contributed by atoms with E-state index in [0.29, 0.717) is 0 Å². The molecule has 6 nitrogen and oxygen atoms in total. The van der Waals surface area contributed by atoms with Crippen LogP contribution in [0.15, 0.2) is 21.5 Å². The number of hydrogen-bond acceptors (Lipinski definition) is 5. The van der Waals surface area contributed by atoms with Gasteiger partial charge in [-0.3, -0.25) is 9.69 Å². The highest BCUT2D eigenvalue weighted by Crippen LogP contribution is 2.17. The fraction of sp³-hybridized carbons (Fsp3) is 0.462. The zero-order valence-electron chi connectivity index (χ0n) is 11.1. The van der Waals surface area contributed by atoms with Gasteiger partial charge in [0, 0.05) is 38.7 Å². The summed E-state index contributed by atoms with van der Waals surface area (Å²) in [7, 11) is 1.69. The quantitative estimate of drug-likeness (QED) is 0.792. The van der Waals surface area contributed by atoms with Crippen LogP contribution in [0.4, 0.5) is 0 Å². The van der Waals surface area contributed by atoms with Crippen molar-refractivity contribution in [2.24, 2.45) is 7.05 Å². The maximum Gasteiger partial charge on any atom is 0.266 e.